The predicted octanol–water partition coefficient (Wildman–Crippen LogP) is 2.07. The molecule has 0 unspecified atom stereocenters. The molecule has 1 saturated heterocycles. The third-order valence-electron chi connectivity index (χ3n) is 4.36. The van der Waals surface area contributed by atoms with Crippen LogP contribution < -0.4 is 15.4 Å². The third kappa shape index (κ3) is 3.75. The molecule has 1 aliphatic heterocycles. The summed E-state index contributed by atoms with van der Waals surface area (Å²) in [6.07, 6.45) is -4.08. The molecule has 1 aromatic carbocycles. The monoisotopic (exact) mass is 411 g/mol. The molecule has 1 atom stereocenters. The van der Waals surface area contributed by atoms with Crippen LogP contribution in [0, 0.1) is 0 Å². The fraction of sp³-hybridized carbons (Fsp3) is 0.278. The molecule has 1 fully saturated rings. The number of carbonyl (C=O) groups is 3. The van der Waals surface area contributed by atoms with E-state index in [9.17, 15) is 27.6 Å². The lowest BCUT2D eigenvalue weighted by Gasteiger charge is -2.29. The Morgan fingerprint density at radius 2 is 1.93 bits per heavy atom. The van der Waals surface area contributed by atoms with Crippen LogP contribution in [-0.4, -0.2) is 48.2 Å². The lowest BCUT2D eigenvalue weighted by molar-refractivity contribution is -0.200. The maximum atomic E-state index is 13.7. The lowest BCUT2D eigenvalue weighted by atomic mass is 10.1. The van der Waals surface area contributed by atoms with E-state index in [1.807, 2.05) is 0 Å². The van der Waals surface area contributed by atoms with E-state index in [1.54, 1.807) is 34.9 Å². The van der Waals surface area contributed by atoms with E-state index >= 15 is 0 Å². The van der Waals surface area contributed by atoms with Crippen molar-refractivity contribution in [2.75, 3.05) is 13.7 Å². The number of hydrogen-bond acceptors (Lipinski definition) is 5. The number of nitrogens with one attached hydrogen (secondary N) is 2. The van der Waals surface area contributed by atoms with E-state index in [1.165, 1.54) is 13.2 Å². The summed E-state index contributed by atoms with van der Waals surface area (Å²) in [7, 11) is 1.48. The average molecular weight is 411 g/mol. The molecule has 0 aliphatic carbocycles. The van der Waals surface area contributed by atoms with Gasteiger partial charge in [-0.2, -0.15) is 13.2 Å². The number of hydrogen-bond donors (Lipinski definition) is 2. The number of halogens is 3. The van der Waals surface area contributed by atoms with Crippen LogP contribution in [-0.2, 0) is 11.2 Å². The number of rotatable bonds is 6. The lowest BCUT2D eigenvalue weighted by Crippen LogP contribution is -2.69. The van der Waals surface area contributed by atoms with Crippen molar-refractivity contribution in [1.29, 1.82) is 0 Å². The minimum absolute atomic E-state index is 0.114. The van der Waals surface area contributed by atoms with Gasteiger partial charge in [-0.05, 0) is 36.2 Å². The Hall–Kier alpha value is -3.50. The first-order valence-corrected chi connectivity index (χ1v) is 8.38. The molecular formula is C18H16F3N3O5. The van der Waals surface area contributed by atoms with Crippen molar-refractivity contribution >= 4 is 17.8 Å². The molecule has 1 aromatic heterocycles. The first-order chi connectivity index (χ1) is 13.7. The third-order valence-corrected chi connectivity index (χ3v) is 4.36. The van der Waals surface area contributed by atoms with Crippen LogP contribution in [0.5, 0.6) is 5.75 Å². The molecule has 2 heterocycles. The van der Waals surface area contributed by atoms with E-state index in [0.29, 0.717) is 16.2 Å². The second kappa shape index (κ2) is 7.49. The molecule has 0 saturated carbocycles. The number of benzene rings is 1. The summed E-state index contributed by atoms with van der Waals surface area (Å²) in [6.45, 7) is -0.314. The maximum Gasteiger partial charge on any atom is 0.440 e. The summed E-state index contributed by atoms with van der Waals surface area (Å²) in [6, 6.07) is 7.77. The second-order valence-corrected chi connectivity index (χ2v) is 6.16. The first kappa shape index (κ1) is 20.2. The second-order valence-electron chi connectivity index (χ2n) is 6.16. The molecule has 154 valence electrons. The normalized spacial score (nSPS) is 19.2. The Morgan fingerprint density at radius 1 is 1.24 bits per heavy atom. The summed E-state index contributed by atoms with van der Waals surface area (Å²) in [4.78, 5) is 37.2. The van der Waals surface area contributed by atoms with Gasteiger partial charge in [-0.25, -0.2) is 4.79 Å². The number of methoxy groups -OCH3 is 1. The van der Waals surface area contributed by atoms with E-state index in [2.05, 4.69) is 0 Å². The highest BCUT2D eigenvalue weighted by molar-refractivity contribution is 6.10. The molecule has 29 heavy (non-hydrogen) atoms. The van der Waals surface area contributed by atoms with Gasteiger partial charge in [0.25, 0.3) is 17.5 Å². The number of ether oxygens (including phenoxy) is 1. The summed E-state index contributed by atoms with van der Waals surface area (Å²) in [5.74, 6) is -2.77. The van der Waals surface area contributed by atoms with Crippen molar-refractivity contribution < 1.29 is 36.7 Å². The average Bonchev–Trinajstić information content (AvgIpc) is 3.29. The zero-order valence-corrected chi connectivity index (χ0v) is 15.1. The fourth-order valence-corrected chi connectivity index (χ4v) is 2.80. The van der Waals surface area contributed by atoms with Gasteiger partial charge < -0.3 is 14.5 Å². The number of carbonyl (C=O) groups excluding carboxylic acids is 3. The van der Waals surface area contributed by atoms with E-state index < -0.39 is 35.4 Å². The predicted molar refractivity (Wildman–Crippen MR) is 91.9 cm³/mol. The van der Waals surface area contributed by atoms with Crippen molar-refractivity contribution in [2.45, 2.75) is 18.3 Å². The van der Waals surface area contributed by atoms with Crippen molar-refractivity contribution in [1.82, 2.24) is 15.5 Å². The number of amides is 4. The van der Waals surface area contributed by atoms with E-state index in [0.717, 1.165) is 12.3 Å². The number of furan rings is 1. The zero-order chi connectivity index (χ0) is 21.2. The minimum atomic E-state index is -5.28. The number of imide groups is 1. The van der Waals surface area contributed by atoms with Crippen LogP contribution in [0.1, 0.15) is 16.1 Å². The standard InChI is InChI=1S/C18H16F3N3O5/c1-28-12-6-4-11(5-7-12)8-9-24-15(26)17(18(19,20)21,23-16(24)27)22-14(25)13-3-2-10-29-13/h2-7,10H,8-9H2,1H3,(H,22,25)(H,23,27)/t17-/m0/s1. The Kier molecular flexibility index (Phi) is 5.23. The summed E-state index contributed by atoms with van der Waals surface area (Å²) >= 11 is 0. The van der Waals surface area contributed by atoms with Crippen LogP contribution in [0.15, 0.2) is 47.1 Å². The van der Waals surface area contributed by atoms with Crippen LogP contribution in [0.2, 0.25) is 0 Å². The number of alkyl halides is 3. The van der Waals surface area contributed by atoms with Crippen LogP contribution in [0.25, 0.3) is 0 Å². The molecule has 2 N–H and O–H groups in total. The summed E-state index contributed by atoms with van der Waals surface area (Å²) < 4.78 is 51.0. The molecule has 1 aliphatic rings. The van der Waals surface area contributed by atoms with Gasteiger partial charge in [-0.3, -0.25) is 19.8 Å². The molecular weight excluding hydrogens is 395 g/mol. The minimum Gasteiger partial charge on any atom is -0.497 e. The highest BCUT2D eigenvalue weighted by Crippen LogP contribution is 2.34. The molecule has 2 aromatic rings. The Balaban J connectivity index is 1.79. The largest absolute Gasteiger partial charge is 0.497 e. The van der Waals surface area contributed by atoms with Gasteiger partial charge in [0.1, 0.15) is 5.75 Å². The highest BCUT2D eigenvalue weighted by Gasteiger charge is 2.68. The maximum absolute atomic E-state index is 13.7. The van der Waals surface area contributed by atoms with Crippen molar-refractivity contribution in [3.8, 4) is 5.75 Å². The molecule has 8 nitrogen and oxygen atoms in total. The fourth-order valence-electron chi connectivity index (χ4n) is 2.80. The SMILES string of the molecule is COc1ccc(CCN2C(=O)N[C@](NC(=O)c3ccco3)(C(F)(F)F)C2=O)cc1. The van der Waals surface area contributed by atoms with Gasteiger partial charge in [0.15, 0.2) is 5.76 Å². The number of nitrogens with zero attached hydrogens (tertiary/aromatic N) is 1. The van der Waals surface area contributed by atoms with Gasteiger partial charge in [0, 0.05) is 6.54 Å². The van der Waals surface area contributed by atoms with Crippen molar-refractivity contribution in [3.05, 3.63) is 54.0 Å². The van der Waals surface area contributed by atoms with Crippen molar-refractivity contribution in [3.63, 3.8) is 0 Å². The van der Waals surface area contributed by atoms with E-state index in [4.69, 9.17) is 9.15 Å². The molecule has 0 bridgehead atoms. The highest BCUT2D eigenvalue weighted by atomic mass is 19.4. The van der Waals surface area contributed by atoms with Gasteiger partial charge in [0.05, 0.1) is 13.4 Å². The van der Waals surface area contributed by atoms with Crippen LogP contribution in [0.3, 0.4) is 0 Å². The van der Waals surface area contributed by atoms with Crippen LogP contribution in [0.4, 0.5) is 18.0 Å². The topological polar surface area (TPSA) is 101 Å². The zero-order valence-electron chi connectivity index (χ0n) is 15.1. The van der Waals surface area contributed by atoms with Crippen molar-refractivity contribution in [2.24, 2.45) is 0 Å². The van der Waals surface area contributed by atoms with Gasteiger partial charge >= 0.3 is 12.2 Å². The molecule has 11 heteroatoms. The summed E-state index contributed by atoms with van der Waals surface area (Å²) in [5.41, 5.74) is -2.90. The summed E-state index contributed by atoms with van der Waals surface area (Å²) in [5, 5.41) is 3.13. The first-order valence-electron chi connectivity index (χ1n) is 8.38. The molecule has 0 spiro atoms. The molecule has 4 amide bonds. The molecule has 3 rings (SSSR count). The quantitative estimate of drug-likeness (QED) is 0.709. The van der Waals surface area contributed by atoms with Gasteiger partial charge in [-0.15, -0.1) is 0 Å². The Morgan fingerprint density at radius 3 is 2.48 bits per heavy atom. The Labute approximate surface area is 162 Å². The Bertz CT molecular complexity index is 912. The molecule has 0 radical (unpaired) electrons. The van der Waals surface area contributed by atoms with Crippen LogP contribution >= 0.6 is 0 Å². The van der Waals surface area contributed by atoms with E-state index in [-0.39, 0.29) is 13.0 Å². The van der Waals surface area contributed by atoms with Gasteiger partial charge in [-0.1, -0.05) is 12.1 Å². The number of urea groups is 1. The smallest absolute Gasteiger partial charge is 0.440 e. The van der Waals surface area contributed by atoms with Gasteiger partial charge in [0.2, 0.25) is 0 Å².